The number of hydrogen-bond donors (Lipinski definition) is 1. The van der Waals surface area contributed by atoms with Gasteiger partial charge in [0.25, 0.3) is 0 Å². The quantitative estimate of drug-likeness (QED) is 0.625. The predicted octanol–water partition coefficient (Wildman–Crippen LogP) is 0.405. The molecule has 0 radical (unpaired) electrons. The van der Waals surface area contributed by atoms with Crippen molar-refractivity contribution in [3.05, 3.63) is 26.2 Å². The van der Waals surface area contributed by atoms with Crippen LogP contribution in [-0.2, 0) is 17.0 Å². The van der Waals surface area contributed by atoms with E-state index in [9.17, 15) is 4.79 Å². The van der Waals surface area contributed by atoms with Crippen LogP contribution in [0, 0.1) is 4.13 Å². The number of nitrogens with zero attached hydrogens (tertiary/aromatic N) is 3. The number of rotatable bonds is 2. The van der Waals surface area contributed by atoms with Crippen LogP contribution in [0.15, 0.2) is 16.0 Å². The first kappa shape index (κ1) is 12.5. The first-order chi connectivity index (χ1) is 8.11. The predicted molar refractivity (Wildman–Crippen MR) is 61.7 cm³/mol. The Morgan fingerprint density at radius 1 is 1.53 bits per heavy atom. The van der Waals surface area contributed by atoms with Crippen molar-refractivity contribution in [2.24, 2.45) is 5.10 Å². The van der Waals surface area contributed by atoms with Gasteiger partial charge in [0.2, 0.25) is 0 Å². The summed E-state index contributed by atoms with van der Waals surface area (Å²) in [6.07, 6.45) is 2.14. The molecule has 6 heteroatoms. The third kappa shape index (κ3) is 2.68. The van der Waals surface area contributed by atoms with Crippen molar-refractivity contribution in [1.82, 2.24) is 14.6 Å². The Balaban J connectivity index is 2.31. The number of piperidine rings is 1. The van der Waals surface area contributed by atoms with Gasteiger partial charge in [-0.15, -0.1) is 0 Å². The standard InChI is InChI=1S/C11H15N4O.V/c1-12-15-8-13-10(7-11(15)16)9-3-5-14(2)6-4-9;/h1,7,9,13H,3-6H2,2H3;/q-1;. The number of aromatic nitrogens is 2. The van der Waals surface area contributed by atoms with Gasteiger partial charge in [-0.25, -0.2) is 0 Å². The van der Waals surface area contributed by atoms with Crippen LogP contribution in [0.4, 0.5) is 0 Å². The molecule has 1 fully saturated rings. The molecule has 0 unspecified atom stereocenters. The van der Waals surface area contributed by atoms with Gasteiger partial charge in [-0.2, -0.15) is 0 Å². The summed E-state index contributed by atoms with van der Waals surface area (Å²) >= 11 is 2.29. The zero-order valence-electron chi connectivity index (χ0n) is 9.76. The minimum absolute atomic E-state index is 0.184. The fourth-order valence-electron chi connectivity index (χ4n) is 2.17. The molecule has 1 saturated heterocycles. The number of likely N-dealkylation sites (tertiary alicyclic amines) is 1. The molecule has 1 aliphatic rings. The summed E-state index contributed by atoms with van der Waals surface area (Å²) in [4.78, 5) is 17.2. The van der Waals surface area contributed by atoms with Gasteiger partial charge >= 0.3 is 109 Å². The van der Waals surface area contributed by atoms with Gasteiger partial charge in [0.1, 0.15) is 0 Å². The Bertz CT molecular complexity index is 494. The van der Waals surface area contributed by atoms with E-state index in [0.29, 0.717) is 10.1 Å². The summed E-state index contributed by atoms with van der Waals surface area (Å²) in [5.74, 6) is 0.425. The van der Waals surface area contributed by atoms with Gasteiger partial charge in [-0.05, 0) is 0 Å². The zero-order valence-corrected chi connectivity index (χ0v) is 11.2. The van der Waals surface area contributed by atoms with E-state index >= 15 is 0 Å². The Morgan fingerprint density at radius 3 is 2.71 bits per heavy atom. The monoisotopic (exact) mass is 270 g/mol. The number of aromatic amines is 1. The van der Waals surface area contributed by atoms with Crippen LogP contribution in [0.2, 0.25) is 0 Å². The topological polar surface area (TPSA) is 53.4 Å². The van der Waals surface area contributed by atoms with Gasteiger partial charge in [0.15, 0.2) is 0 Å². The second-order valence-electron chi connectivity index (χ2n) is 4.39. The van der Waals surface area contributed by atoms with Gasteiger partial charge in [0, 0.05) is 0 Å². The molecule has 0 spiro atoms. The minimum atomic E-state index is -0.184. The molecule has 0 atom stereocenters. The average Bonchev–Trinajstić information content (AvgIpc) is 2.29. The van der Waals surface area contributed by atoms with Gasteiger partial charge in [-0.1, -0.05) is 0 Å². The first-order valence-electron chi connectivity index (χ1n) is 5.60. The van der Waals surface area contributed by atoms with Crippen molar-refractivity contribution in [2.45, 2.75) is 18.8 Å². The molecule has 2 heterocycles. The molecular weight excluding hydrogens is 255 g/mol. The average molecular weight is 270 g/mol. The van der Waals surface area contributed by atoms with Crippen molar-refractivity contribution in [2.75, 3.05) is 20.1 Å². The molecule has 0 aliphatic carbocycles. The van der Waals surface area contributed by atoms with E-state index < -0.39 is 0 Å². The Kier molecular flexibility index (Phi) is 3.81. The third-order valence-corrected chi connectivity index (χ3v) is 3.69. The second kappa shape index (κ2) is 5.17. The van der Waals surface area contributed by atoms with Crippen molar-refractivity contribution in [1.29, 1.82) is 0 Å². The van der Waals surface area contributed by atoms with Crippen LogP contribution in [0.25, 0.3) is 0 Å². The van der Waals surface area contributed by atoms with Crippen LogP contribution >= 0.6 is 0 Å². The summed E-state index contributed by atoms with van der Waals surface area (Å²) in [5.41, 5.74) is 0.800. The maximum absolute atomic E-state index is 11.7. The van der Waals surface area contributed by atoms with E-state index in [2.05, 4.69) is 39.0 Å². The summed E-state index contributed by atoms with van der Waals surface area (Å²) in [6, 6.07) is 1.60. The van der Waals surface area contributed by atoms with E-state index in [1.807, 2.05) is 0 Å². The molecule has 0 amide bonds. The van der Waals surface area contributed by atoms with E-state index in [1.165, 1.54) is 0 Å². The number of H-pyrrole nitrogens is 1. The number of nitrogens with one attached hydrogen (secondary N) is 1. The summed E-state index contributed by atoms with van der Waals surface area (Å²) in [6.45, 7) is 7.28. The third-order valence-electron chi connectivity index (χ3n) is 3.22. The molecular formula is C11H15N4OV-. The van der Waals surface area contributed by atoms with Crippen LogP contribution in [0.3, 0.4) is 0 Å². The molecule has 1 N–H and O–H groups in total. The van der Waals surface area contributed by atoms with E-state index in [-0.39, 0.29) is 5.56 Å². The van der Waals surface area contributed by atoms with E-state index in [4.69, 9.17) is 6.72 Å². The van der Waals surface area contributed by atoms with E-state index in [0.717, 1.165) is 36.3 Å². The van der Waals surface area contributed by atoms with Gasteiger partial charge in [0.05, 0.1) is 0 Å². The summed E-state index contributed by atoms with van der Waals surface area (Å²) in [5, 5.41) is 3.42. The Labute approximate surface area is 109 Å². The summed E-state index contributed by atoms with van der Waals surface area (Å²) < 4.78 is 1.76. The van der Waals surface area contributed by atoms with Gasteiger partial charge < -0.3 is 0 Å². The molecule has 0 aromatic carbocycles. The molecule has 2 rings (SSSR count). The Morgan fingerprint density at radius 2 is 2.18 bits per heavy atom. The number of hydrogen-bond acceptors (Lipinski definition) is 3. The molecule has 17 heavy (non-hydrogen) atoms. The van der Waals surface area contributed by atoms with Crippen LogP contribution in [0.5, 0.6) is 0 Å². The van der Waals surface area contributed by atoms with Crippen molar-refractivity contribution < 1.29 is 17.0 Å². The van der Waals surface area contributed by atoms with Crippen LogP contribution in [-0.4, -0.2) is 41.4 Å². The van der Waals surface area contributed by atoms with Crippen LogP contribution < -0.4 is 5.56 Å². The van der Waals surface area contributed by atoms with Crippen molar-refractivity contribution in [3.8, 4) is 0 Å². The molecule has 1 aliphatic heterocycles. The molecule has 1 aromatic rings. The summed E-state index contributed by atoms with van der Waals surface area (Å²) in [7, 11) is 2.12. The van der Waals surface area contributed by atoms with Crippen molar-refractivity contribution in [3.63, 3.8) is 0 Å². The molecule has 5 nitrogen and oxygen atoms in total. The molecule has 0 saturated carbocycles. The van der Waals surface area contributed by atoms with Crippen molar-refractivity contribution >= 4 is 6.72 Å². The molecule has 0 bridgehead atoms. The molecule has 91 valence electrons. The SMILES string of the molecule is [CH-]=Nn1c(=O)cc(C2CCN(C)CC2)[nH][c]1=[V]. The normalized spacial score (nSPS) is 18.1. The Hall–Kier alpha value is -0.906. The zero-order chi connectivity index (χ0) is 12.4. The first-order valence-corrected chi connectivity index (χ1v) is 6.29. The van der Waals surface area contributed by atoms with Crippen LogP contribution in [0.1, 0.15) is 24.5 Å². The second-order valence-corrected chi connectivity index (χ2v) is 5.05. The maximum atomic E-state index is 11.7. The van der Waals surface area contributed by atoms with E-state index in [1.54, 1.807) is 6.07 Å². The fourth-order valence-corrected chi connectivity index (χ4v) is 2.60. The van der Waals surface area contributed by atoms with Gasteiger partial charge in [-0.3, -0.25) is 0 Å². The fraction of sp³-hybridized carbons (Fsp3) is 0.545. The molecule has 1 aromatic heterocycles.